The molecule has 14 nitrogen and oxygen atoms in total. The Kier molecular flexibility index (Phi) is 16.6. The van der Waals surface area contributed by atoms with Gasteiger partial charge in [-0.1, -0.05) is 31.5 Å². The molecule has 0 unspecified atom stereocenters. The summed E-state index contributed by atoms with van der Waals surface area (Å²) in [4.78, 5) is 60.6. The number of aromatic nitrogens is 2. The monoisotopic (exact) mass is 686 g/mol. The molecule has 0 aliphatic rings. The zero-order valence-corrected chi connectivity index (χ0v) is 27.9. The van der Waals surface area contributed by atoms with E-state index >= 15 is 0 Å². The second kappa shape index (κ2) is 21.2. The number of nitrogens with zero attached hydrogens (tertiary/aromatic N) is 4. The van der Waals surface area contributed by atoms with Crippen LogP contribution in [0, 0.1) is 20.2 Å². The van der Waals surface area contributed by atoms with Crippen LogP contribution in [0.25, 0.3) is 6.08 Å². The summed E-state index contributed by atoms with van der Waals surface area (Å²) in [5, 5.41) is 20.8. The van der Waals surface area contributed by atoms with Crippen LogP contribution < -0.4 is 0 Å². The molecule has 0 aliphatic heterocycles. The van der Waals surface area contributed by atoms with Crippen molar-refractivity contribution in [3.05, 3.63) is 101 Å². The summed E-state index contributed by atoms with van der Waals surface area (Å²) in [5.74, 6) is 0.0103. The van der Waals surface area contributed by atoms with E-state index < -0.39 is 22.1 Å². The maximum atomic E-state index is 13.3. The number of imidazole rings is 1. The van der Waals surface area contributed by atoms with Crippen LogP contribution >= 0.6 is 11.3 Å². The van der Waals surface area contributed by atoms with Crippen molar-refractivity contribution >= 4 is 29.4 Å². The predicted octanol–water partition coefficient (Wildman–Crippen LogP) is 6.42. The van der Waals surface area contributed by atoms with Crippen LogP contribution in [0.15, 0.2) is 53.5 Å². The zero-order chi connectivity index (χ0) is 34.6. The number of thiophene rings is 1. The van der Waals surface area contributed by atoms with E-state index in [2.05, 4.69) is 26.1 Å². The lowest BCUT2D eigenvalue weighted by molar-refractivity contribution is -0.757. The van der Waals surface area contributed by atoms with Crippen molar-refractivity contribution in [2.75, 3.05) is 26.4 Å². The van der Waals surface area contributed by atoms with Crippen LogP contribution in [0.1, 0.15) is 90.6 Å². The normalized spacial score (nSPS) is 11.2. The molecule has 0 spiro atoms. The van der Waals surface area contributed by atoms with E-state index in [4.69, 9.17) is 9.47 Å². The fourth-order valence-electron chi connectivity index (χ4n) is 4.70. The van der Waals surface area contributed by atoms with Gasteiger partial charge in [-0.15, -0.1) is 31.6 Å². The smallest absolute Gasteiger partial charge is 0.338 e. The SMILES string of the molecule is CCCCc1ncc(/C=C(\Cc2cccs2)C(=O)OCCCCCO[N+](=O)[O-])n1Cc1ccc(C(=O)OCCCCCO[N+](=O)[O-])cc1. The van der Waals surface area contributed by atoms with E-state index in [1.54, 1.807) is 29.7 Å². The average molecular weight is 687 g/mol. The van der Waals surface area contributed by atoms with Crippen molar-refractivity contribution in [1.82, 2.24) is 9.55 Å². The number of ether oxygens (including phenoxy) is 2. The largest absolute Gasteiger partial charge is 0.462 e. The van der Waals surface area contributed by atoms with Crippen LogP contribution in [-0.4, -0.2) is 58.1 Å². The van der Waals surface area contributed by atoms with E-state index in [1.807, 2.05) is 35.7 Å². The van der Waals surface area contributed by atoms with Gasteiger partial charge < -0.3 is 23.7 Å². The number of rotatable bonds is 24. The summed E-state index contributed by atoms with van der Waals surface area (Å²) < 4.78 is 13.0. The van der Waals surface area contributed by atoms with E-state index in [0.717, 1.165) is 41.2 Å². The van der Waals surface area contributed by atoms with E-state index in [9.17, 15) is 29.8 Å². The Morgan fingerprint density at radius 3 is 2.12 bits per heavy atom. The molecule has 0 aliphatic carbocycles. The second-order valence-corrected chi connectivity index (χ2v) is 12.0. The predicted molar refractivity (Wildman–Crippen MR) is 177 cm³/mol. The summed E-state index contributed by atoms with van der Waals surface area (Å²) in [6.07, 6.45) is 10.1. The van der Waals surface area contributed by atoms with Crippen molar-refractivity contribution in [2.45, 2.75) is 77.7 Å². The van der Waals surface area contributed by atoms with Crippen molar-refractivity contribution in [3.63, 3.8) is 0 Å². The van der Waals surface area contributed by atoms with Gasteiger partial charge in [-0.3, -0.25) is 0 Å². The molecule has 0 saturated heterocycles. The highest BCUT2D eigenvalue weighted by atomic mass is 32.1. The third kappa shape index (κ3) is 13.9. The number of hydrogen-bond acceptors (Lipinski definition) is 12. The summed E-state index contributed by atoms with van der Waals surface area (Å²) in [6.45, 7) is 3.01. The Bertz CT molecular complexity index is 1470. The van der Waals surface area contributed by atoms with Crippen LogP contribution in [0.3, 0.4) is 0 Å². The molecule has 15 heteroatoms. The van der Waals surface area contributed by atoms with Gasteiger partial charge in [0.05, 0.1) is 43.9 Å². The van der Waals surface area contributed by atoms with E-state index in [-0.39, 0.29) is 26.4 Å². The van der Waals surface area contributed by atoms with E-state index in [0.29, 0.717) is 62.6 Å². The van der Waals surface area contributed by atoms with Gasteiger partial charge in [-0.05, 0) is 80.2 Å². The number of esters is 2. The average Bonchev–Trinajstić information content (AvgIpc) is 3.72. The number of aryl methyl sites for hydroxylation is 1. The van der Waals surface area contributed by atoms with Gasteiger partial charge in [0, 0.05) is 29.8 Å². The van der Waals surface area contributed by atoms with Crippen LogP contribution in [0.2, 0.25) is 0 Å². The Balaban J connectivity index is 1.68. The molecule has 1 aromatic carbocycles. The molecule has 0 bridgehead atoms. The van der Waals surface area contributed by atoms with Crippen molar-refractivity contribution in [2.24, 2.45) is 0 Å². The first-order chi connectivity index (χ1) is 23.3. The van der Waals surface area contributed by atoms with Gasteiger partial charge in [-0.25, -0.2) is 14.6 Å². The molecule has 260 valence electrons. The first-order valence-electron chi connectivity index (χ1n) is 16.0. The Morgan fingerprint density at radius 2 is 1.52 bits per heavy atom. The molecule has 48 heavy (non-hydrogen) atoms. The molecular formula is C33H42N4O10S. The lowest BCUT2D eigenvalue weighted by atomic mass is 10.1. The maximum absolute atomic E-state index is 13.3. The minimum atomic E-state index is -0.824. The first-order valence-corrected chi connectivity index (χ1v) is 16.9. The number of hydrogen-bond donors (Lipinski definition) is 0. The molecule has 0 amide bonds. The summed E-state index contributed by atoms with van der Waals surface area (Å²) >= 11 is 1.55. The fraction of sp³-hybridized carbons (Fsp3) is 0.485. The topological polar surface area (TPSA) is 175 Å². The number of unbranched alkanes of at least 4 members (excludes halogenated alkanes) is 5. The molecule has 3 aromatic rings. The fourth-order valence-corrected chi connectivity index (χ4v) is 5.43. The summed E-state index contributed by atoms with van der Waals surface area (Å²) in [7, 11) is 0. The van der Waals surface area contributed by atoms with Crippen LogP contribution in [0.4, 0.5) is 0 Å². The Labute approximate surface area is 282 Å². The highest BCUT2D eigenvalue weighted by Gasteiger charge is 2.17. The highest BCUT2D eigenvalue weighted by Crippen LogP contribution is 2.21. The van der Waals surface area contributed by atoms with Gasteiger partial charge in [0.25, 0.3) is 10.2 Å². The minimum absolute atomic E-state index is 0.00886. The quantitative estimate of drug-likeness (QED) is 0.0334. The maximum Gasteiger partial charge on any atom is 0.338 e. The third-order valence-corrected chi connectivity index (χ3v) is 8.10. The Hall–Kier alpha value is -4.79. The molecule has 0 fully saturated rings. The summed E-state index contributed by atoms with van der Waals surface area (Å²) in [6, 6.07) is 11.0. The van der Waals surface area contributed by atoms with Crippen LogP contribution in [-0.2, 0) is 43.3 Å². The Morgan fingerprint density at radius 1 is 0.875 bits per heavy atom. The van der Waals surface area contributed by atoms with Gasteiger partial charge >= 0.3 is 11.9 Å². The standard InChI is InChI=1S/C33H42N4O10S/c1-2-3-12-31-34-24-29(22-28(23-30-11-10-21-48-30)33(39)45-18-7-5-9-20-47-37(42)43)35(31)25-26-13-15-27(16-14-26)32(38)44-17-6-4-8-19-46-36(40)41/h10-11,13-16,21-22,24H,2-9,12,17-20,23,25H2,1H3/b28-22+. The van der Waals surface area contributed by atoms with Gasteiger partial charge in [0.1, 0.15) is 5.82 Å². The zero-order valence-electron chi connectivity index (χ0n) is 27.1. The molecule has 0 saturated carbocycles. The number of carbonyl (C=O) groups excluding carboxylic acids is 2. The highest BCUT2D eigenvalue weighted by molar-refractivity contribution is 7.09. The molecule has 2 aromatic heterocycles. The number of benzene rings is 1. The van der Waals surface area contributed by atoms with E-state index in [1.165, 1.54) is 0 Å². The molecule has 2 heterocycles. The van der Waals surface area contributed by atoms with Crippen molar-refractivity contribution in [1.29, 1.82) is 0 Å². The van der Waals surface area contributed by atoms with Gasteiger partial charge in [0.15, 0.2) is 0 Å². The van der Waals surface area contributed by atoms with Crippen molar-refractivity contribution in [3.8, 4) is 0 Å². The van der Waals surface area contributed by atoms with Crippen molar-refractivity contribution < 1.29 is 38.9 Å². The third-order valence-electron chi connectivity index (χ3n) is 7.22. The second-order valence-electron chi connectivity index (χ2n) is 10.9. The molecule has 0 N–H and O–H groups in total. The molecule has 0 atom stereocenters. The lowest BCUT2D eigenvalue weighted by Crippen LogP contribution is -2.13. The lowest BCUT2D eigenvalue weighted by Gasteiger charge is -2.13. The van der Waals surface area contributed by atoms with Crippen LogP contribution in [0.5, 0.6) is 0 Å². The minimum Gasteiger partial charge on any atom is -0.462 e. The molecule has 0 radical (unpaired) electrons. The first kappa shape index (κ1) is 37.7. The number of carbonyl (C=O) groups is 2. The molecule has 3 rings (SSSR count). The van der Waals surface area contributed by atoms with Gasteiger partial charge in [0.2, 0.25) is 0 Å². The summed E-state index contributed by atoms with van der Waals surface area (Å²) in [5.41, 5.74) is 2.60. The van der Waals surface area contributed by atoms with Gasteiger partial charge in [-0.2, -0.15) is 0 Å². The molecular weight excluding hydrogens is 644 g/mol.